The average molecular weight is 355 g/mol. The Morgan fingerprint density at radius 1 is 1.28 bits per heavy atom. The van der Waals surface area contributed by atoms with E-state index in [9.17, 15) is 9.59 Å². The quantitative estimate of drug-likeness (QED) is 0.655. The fourth-order valence-corrected chi connectivity index (χ4v) is 3.47. The second kappa shape index (κ2) is 6.60. The second-order valence-electron chi connectivity index (χ2n) is 5.59. The monoisotopic (exact) mass is 355 g/mol. The molecule has 0 radical (unpaired) electrons. The highest BCUT2D eigenvalue weighted by Crippen LogP contribution is 2.28. The van der Waals surface area contributed by atoms with Crippen molar-refractivity contribution >= 4 is 34.9 Å². The number of hydrogen-bond acceptors (Lipinski definition) is 5. The van der Waals surface area contributed by atoms with Crippen molar-refractivity contribution in [2.45, 2.75) is 13.8 Å². The molecule has 1 aliphatic rings. The van der Waals surface area contributed by atoms with Crippen LogP contribution in [0.15, 0.2) is 35.2 Å². The topological polar surface area (TPSA) is 84.2 Å². The van der Waals surface area contributed by atoms with Gasteiger partial charge < -0.3 is 14.6 Å². The molecule has 1 aliphatic heterocycles. The zero-order chi connectivity index (χ0) is 18.1. The van der Waals surface area contributed by atoms with E-state index in [2.05, 4.69) is 9.88 Å². The lowest BCUT2D eigenvalue weighted by Crippen LogP contribution is -2.18. The molecular formula is C18H17N3O3S. The summed E-state index contributed by atoms with van der Waals surface area (Å²) in [5, 5.41) is 10.1. The largest absolute Gasteiger partial charge is 0.465 e. The molecule has 7 heteroatoms. The summed E-state index contributed by atoms with van der Waals surface area (Å²) in [5.74, 6) is -0.619. The number of aryl methyl sites for hydroxylation is 1. The predicted molar refractivity (Wildman–Crippen MR) is 98.0 cm³/mol. The van der Waals surface area contributed by atoms with Crippen LogP contribution in [-0.4, -0.2) is 28.7 Å². The van der Waals surface area contributed by atoms with E-state index in [1.807, 2.05) is 32.0 Å². The van der Waals surface area contributed by atoms with Crippen LogP contribution in [0.4, 0.5) is 0 Å². The molecule has 0 atom stereocenters. The minimum Gasteiger partial charge on any atom is -0.465 e. The fourth-order valence-electron chi connectivity index (χ4n) is 2.78. The van der Waals surface area contributed by atoms with Crippen LogP contribution in [0.5, 0.6) is 0 Å². The predicted octanol–water partition coefficient (Wildman–Crippen LogP) is 3.02. The fraction of sp³-hybridized carbons (Fsp3) is 0.167. The van der Waals surface area contributed by atoms with Crippen LogP contribution in [-0.2, 0) is 9.53 Å². The number of esters is 1. The first kappa shape index (κ1) is 17.0. The summed E-state index contributed by atoms with van der Waals surface area (Å²) in [7, 11) is 1.35. The Hall–Kier alpha value is -2.80. The number of carbonyl (C=O) groups excluding carboxylic acids is 2. The molecule has 25 heavy (non-hydrogen) atoms. The molecular weight excluding hydrogens is 338 g/mol. The number of aromatic nitrogens is 1. The van der Waals surface area contributed by atoms with E-state index < -0.39 is 0 Å². The number of benzene rings is 1. The molecule has 2 aromatic rings. The lowest BCUT2D eigenvalue weighted by molar-refractivity contribution is -0.115. The molecule has 128 valence electrons. The van der Waals surface area contributed by atoms with E-state index in [1.165, 1.54) is 7.11 Å². The van der Waals surface area contributed by atoms with Crippen LogP contribution in [0, 0.1) is 19.3 Å². The number of amides is 1. The van der Waals surface area contributed by atoms with Gasteiger partial charge in [0.15, 0.2) is 5.17 Å². The molecule has 1 fully saturated rings. The van der Waals surface area contributed by atoms with Crippen LogP contribution < -0.4 is 5.32 Å². The molecule has 0 bridgehead atoms. The van der Waals surface area contributed by atoms with Gasteiger partial charge in [-0.25, -0.2) is 4.79 Å². The van der Waals surface area contributed by atoms with Gasteiger partial charge >= 0.3 is 5.97 Å². The van der Waals surface area contributed by atoms with Crippen molar-refractivity contribution in [3.63, 3.8) is 0 Å². The Bertz CT molecular complexity index is 910. The molecule has 0 spiro atoms. The molecule has 0 unspecified atom stereocenters. The first-order valence-corrected chi connectivity index (χ1v) is 8.39. The Labute approximate surface area is 149 Å². The minimum atomic E-state index is -0.371. The van der Waals surface area contributed by atoms with Crippen LogP contribution in [0.25, 0.3) is 11.8 Å². The van der Waals surface area contributed by atoms with Gasteiger partial charge in [0.25, 0.3) is 5.91 Å². The van der Waals surface area contributed by atoms with Gasteiger partial charge in [0, 0.05) is 17.1 Å². The molecule has 2 heterocycles. The Balaban J connectivity index is 1.98. The normalized spacial score (nSPS) is 15.6. The number of ether oxygens (including phenoxy) is 1. The summed E-state index contributed by atoms with van der Waals surface area (Å²) in [6, 6.07) is 9.15. The summed E-state index contributed by atoms with van der Waals surface area (Å²) in [5.41, 5.74) is 4.32. The Kier molecular flexibility index (Phi) is 4.50. The lowest BCUT2D eigenvalue weighted by Gasteiger charge is -2.10. The van der Waals surface area contributed by atoms with E-state index in [0.717, 1.165) is 34.4 Å². The molecule has 1 aromatic carbocycles. The lowest BCUT2D eigenvalue weighted by atomic mass is 10.2. The number of methoxy groups -OCH3 is 1. The van der Waals surface area contributed by atoms with Crippen molar-refractivity contribution in [3.8, 4) is 5.69 Å². The van der Waals surface area contributed by atoms with E-state index in [0.29, 0.717) is 10.5 Å². The standard InChI is InChI=1S/C18H17N3O3S/c1-10-8-13(9-15-16(22)20-18(19)25-15)11(2)21(10)14-6-4-12(5-7-14)17(23)24-3/h4-9H,1-3H3,(H2,19,20,22)/b15-9+. The van der Waals surface area contributed by atoms with Crippen molar-refractivity contribution in [1.29, 1.82) is 5.41 Å². The SMILES string of the molecule is COC(=O)c1ccc(-n2c(C)cc(/C=C3/SC(=N)NC3=O)c2C)cc1. The number of amidine groups is 1. The van der Waals surface area contributed by atoms with Crippen LogP contribution >= 0.6 is 11.8 Å². The number of thioether (sulfide) groups is 1. The summed E-state index contributed by atoms with van der Waals surface area (Å²) in [4.78, 5) is 23.9. The van der Waals surface area contributed by atoms with Crippen molar-refractivity contribution in [2.24, 2.45) is 0 Å². The van der Waals surface area contributed by atoms with Gasteiger partial charge in [0.05, 0.1) is 17.6 Å². The molecule has 1 amide bonds. The molecule has 1 aromatic heterocycles. The van der Waals surface area contributed by atoms with Crippen molar-refractivity contribution in [3.05, 3.63) is 57.8 Å². The summed E-state index contributed by atoms with van der Waals surface area (Å²) in [6.07, 6.45) is 1.79. The molecule has 1 saturated heterocycles. The third-order valence-corrected chi connectivity index (χ3v) is 4.80. The van der Waals surface area contributed by atoms with Gasteiger partial charge in [-0.15, -0.1) is 0 Å². The van der Waals surface area contributed by atoms with Gasteiger partial charge in [-0.05, 0) is 67.6 Å². The minimum absolute atomic E-state index is 0.142. The maximum Gasteiger partial charge on any atom is 0.337 e. The highest BCUT2D eigenvalue weighted by atomic mass is 32.2. The maximum absolute atomic E-state index is 11.8. The second-order valence-corrected chi connectivity index (χ2v) is 6.65. The summed E-state index contributed by atoms with van der Waals surface area (Å²) < 4.78 is 6.77. The zero-order valence-electron chi connectivity index (χ0n) is 14.0. The zero-order valence-corrected chi connectivity index (χ0v) is 14.9. The average Bonchev–Trinajstić information content (AvgIpc) is 3.05. The molecule has 3 rings (SSSR count). The first-order chi connectivity index (χ1) is 11.9. The van der Waals surface area contributed by atoms with Crippen molar-refractivity contribution in [2.75, 3.05) is 7.11 Å². The number of rotatable bonds is 3. The number of hydrogen-bond donors (Lipinski definition) is 2. The van der Waals surface area contributed by atoms with E-state index in [-0.39, 0.29) is 17.0 Å². The third kappa shape index (κ3) is 3.23. The number of nitrogens with one attached hydrogen (secondary N) is 2. The highest BCUT2D eigenvalue weighted by Gasteiger charge is 2.23. The summed E-state index contributed by atoms with van der Waals surface area (Å²) >= 11 is 1.12. The number of nitrogens with zero attached hydrogens (tertiary/aromatic N) is 1. The molecule has 2 N–H and O–H groups in total. The highest BCUT2D eigenvalue weighted by molar-refractivity contribution is 8.18. The maximum atomic E-state index is 11.8. The third-order valence-electron chi connectivity index (χ3n) is 3.97. The molecule has 0 aliphatic carbocycles. The smallest absolute Gasteiger partial charge is 0.337 e. The van der Waals surface area contributed by atoms with Gasteiger partial charge in [0.1, 0.15) is 0 Å². The van der Waals surface area contributed by atoms with Crippen molar-refractivity contribution < 1.29 is 14.3 Å². The van der Waals surface area contributed by atoms with Crippen LogP contribution in [0.2, 0.25) is 0 Å². The Morgan fingerprint density at radius 2 is 1.96 bits per heavy atom. The Morgan fingerprint density at radius 3 is 2.52 bits per heavy atom. The van der Waals surface area contributed by atoms with Crippen molar-refractivity contribution in [1.82, 2.24) is 9.88 Å². The summed E-state index contributed by atoms with van der Waals surface area (Å²) in [6.45, 7) is 3.95. The van der Waals surface area contributed by atoms with Gasteiger partial charge in [-0.1, -0.05) is 0 Å². The number of carbonyl (C=O) groups is 2. The first-order valence-electron chi connectivity index (χ1n) is 7.58. The van der Waals surface area contributed by atoms with E-state index >= 15 is 0 Å². The van der Waals surface area contributed by atoms with Gasteiger partial charge in [-0.3, -0.25) is 10.2 Å². The van der Waals surface area contributed by atoms with Gasteiger partial charge in [0.2, 0.25) is 0 Å². The van der Waals surface area contributed by atoms with Crippen LogP contribution in [0.1, 0.15) is 27.3 Å². The van der Waals surface area contributed by atoms with Gasteiger partial charge in [-0.2, -0.15) is 0 Å². The van der Waals surface area contributed by atoms with E-state index in [1.54, 1.807) is 18.2 Å². The van der Waals surface area contributed by atoms with E-state index in [4.69, 9.17) is 10.1 Å². The van der Waals surface area contributed by atoms with Crippen LogP contribution in [0.3, 0.4) is 0 Å². The molecule has 0 saturated carbocycles. The molecule has 6 nitrogen and oxygen atoms in total.